The van der Waals surface area contributed by atoms with Crippen LogP contribution in [0.15, 0.2) is 58.3 Å². The van der Waals surface area contributed by atoms with E-state index in [9.17, 15) is 0 Å². The van der Waals surface area contributed by atoms with Crippen LogP contribution in [0, 0.1) is 0 Å². The topological polar surface area (TPSA) is 39.4 Å². The fourth-order valence-corrected chi connectivity index (χ4v) is 2.90. The number of aliphatic imine (C=N–C) groups is 1. The second-order valence-electron chi connectivity index (χ2n) is 4.55. The van der Waals surface area contributed by atoms with Crippen LogP contribution in [0.4, 0.5) is 0 Å². The first kappa shape index (κ1) is 13.8. The first-order valence-corrected chi connectivity index (χ1v) is 7.28. The molecule has 0 unspecified atom stereocenters. The van der Waals surface area contributed by atoms with Crippen molar-refractivity contribution in [2.45, 2.75) is 6.73 Å². The monoisotopic (exact) mass is 343 g/mol. The Kier molecular flexibility index (Phi) is 3.75. The number of benzene rings is 1. The van der Waals surface area contributed by atoms with E-state index in [1.54, 1.807) is 13.3 Å². The predicted molar refractivity (Wildman–Crippen MR) is 88.0 cm³/mol. The Morgan fingerprint density at radius 2 is 2.14 bits per heavy atom. The number of halogens is 1. The highest BCUT2D eigenvalue weighted by Crippen LogP contribution is 2.36. The van der Waals surface area contributed by atoms with Crippen LogP contribution in [0.1, 0.15) is 5.82 Å². The number of rotatable bonds is 2. The van der Waals surface area contributed by atoms with E-state index in [2.05, 4.69) is 44.6 Å². The van der Waals surface area contributed by atoms with Gasteiger partial charge < -0.3 is 4.74 Å². The lowest BCUT2D eigenvalue weighted by atomic mass is 10.1. The summed E-state index contributed by atoms with van der Waals surface area (Å²) in [5.74, 6) is 1.44. The summed E-state index contributed by atoms with van der Waals surface area (Å²) in [5, 5.41) is 0. The van der Waals surface area contributed by atoms with Gasteiger partial charge in [0.25, 0.3) is 0 Å². The Labute approximate surface area is 131 Å². The third-order valence-corrected chi connectivity index (χ3v) is 3.82. The molecule has 0 amide bonds. The Morgan fingerprint density at radius 1 is 1.38 bits per heavy atom. The summed E-state index contributed by atoms with van der Waals surface area (Å²) in [5.41, 5.74) is 2.93. The molecule has 0 N–H and O–H groups in total. The van der Waals surface area contributed by atoms with Crippen molar-refractivity contribution in [1.29, 1.82) is 0 Å². The smallest absolute Gasteiger partial charge is 0.167 e. The average Bonchev–Trinajstić information content (AvgIpc) is 2.83. The molecule has 1 aromatic carbocycles. The second kappa shape index (κ2) is 5.69. The SMILES string of the molecule is C=C1OCn2c(nc(Br)c2-c2ccccc2)/C1=C/C=N\C. The van der Waals surface area contributed by atoms with Crippen LogP contribution in [0.25, 0.3) is 16.8 Å². The van der Waals surface area contributed by atoms with Gasteiger partial charge in [-0.15, -0.1) is 0 Å². The summed E-state index contributed by atoms with van der Waals surface area (Å²) < 4.78 is 8.49. The maximum Gasteiger partial charge on any atom is 0.167 e. The molecule has 0 atom stereocenters. The number of hydrogen-bond acceptors (Lipinski definition) is 3. The van der Waals surface area contributed by atoms with Gasteiger partial charge in [0.1, 0.15) is 16.2 Å². The van der Waals surface area contributed by atoms with Gasteiger partial charge in [-0.05, 0) is 22.0 Å². The van der Waals surface area contributed by atoms with Crippen molar-refractivity contribution in [2.24, 2.45) is 4.99 Å². The van der Waals surface area contributed by atoms with E-state index in [1.165, 1.54) is 0 Å². The lowest BCUT2D eigenvalue weighted by Crippen LogP contribution is -2.15. The van der Waals surface area contributed by atoms with Crippen molar-refractivity contribution in [3.8, 4) is 11.3 Å². The second-order valence-corrected chi connectivity index (χ2v) is 5.30. The normalized spacial score (nSPS) is 16.3. The van der Waals surface area contributed by atoms with Crippen LogP contribution in [-0.4, -0.2) is 22.8 Å². The molecule has 1 aliphatic heterocycles. The molecule has 3 rings (SSSR count). The fraction of sp³-hybridized carbons (Fsp3) is 0.125. The minimum atomic E-state index is 0.400. The van der Waals surface area contributed by atoms with Gasteiger partial charge in [-0.25, -0.2) is 4.98 Å². The zero-order valence-corrected chi connectivity index (χ0v) is 13.2. The van der Waals surface area contributed by atoms with E-state index in [0.29, 0.717) is 12.5 Å². The molecule has 4 nitrogen and oxygen atoms in total. The Balaban J connectivity index is 2.18. The Morgan fingerprint density at radius 3 is 2.86 bits per heavy atom. The maximum absolute atomic E-state index is 5.67. The van der Waals surface area contributed by atoms with E-state index >= 15 is 0 Å². The third kappa shape index (κ3) is 2.45. The number of hydrogen-bond donors (Lipinski definition) is 0. The third-order valence-electron chi connectivity index (χ3n) is 3.27. The van der Waals surface area contributed by atoms with Gasteiger partial charge in [0, 0.05) is 18.8 Å². The quantitative estimate of drug-likeness (QED) is 0.775. The van der Waals surface area contributed by atoms with E-state index in [0.717, 1.165) is 27.3 Å². The number of allylic oxidation sites excluding steroid dienone is 2. The largest absolute Gasteiger partial charge is 0.473 e. The van der Waals surface area contributed by atoms with Crippen molar-refractivity contribution in [3.63, 3.8) is 0 Å². The van der Waals surface area contributed by atoms with E-state index < -0.39 is 0 Å². The van der Waals surface area contributed by atoms with Crippen molar-refractivity contribution in [2.75, 3.05) is 7.05 Å². The van der Waals surface area contributed by atoms with Gasteiger partial charge in [-0.2, -0.15) is 0 Å². The standard InChI is InChI=1S/C16H14BrN3O/c1-11-13(8-9-18-2)16-19-15(17)14(20(16)10-21-11)12-6-4-3-5-7-12/h3-9H,1,10H2,2H3/b13-8+,18-9-. The van der Waals surface area contributed by atoms with Crippen LogP contribution >= 0.6 is 15.9 Å². The lowest BCUT2D eigenvalue weighted by Gasteiger charge is -2.22. The number of fused-ring (bicyclic) bond motifs is 1. The molecule has 2 aromatic rings. The van der Waals surface area contributed by atoms with Crippen LogP contribution in [0.5, 0.6) is 0 Å². The number of nitrogens with zero attached hydrogens (tertiary/aromatic N) is 3. The fourth-order valence-electron chi connectivity index (χ4n) is 2.29. The van der Waals surface area contributed by atoms with Crippen molar-refractivity contribution >= 4 is 27.7 Å². The molecule has 0 aliphatic carbocycles. The number of ether oxygens (including phenoxy) is 1. The summed E-state index contributed by atoms with van der Waals surface area (Å²) in [6.45, 7) is 4.34. The lowest BCUT2D eigenvalue weighted by molar-refractivity contribution is 0.148. The molecular formula is C16H14BrN3O. The summed E-state index contributed by atoms with van der Waals surface area (Å²) in [4.78, 5) is 8.60. The molecular weight excluding hydrogens is 330 g/mol. The summed E-state index contributed by atoms with van der Waals surface area (Å²) in [6, 6.07) is 10.1. The minimum absolute atomic E-state index is 0.400. The number of aromatic nitrogens is 2. The summed E-state index contributed by atoms with van der Waals surface area (Å²) >= 11 is 3.55. The molecule has 0 fully saturated rings. The zero-order chi connectivity index (χ0) is 14.8. The molecule has 106 valence electrons. The van der Waals surface area contributed by atoms with Crippen LogP contribution in [0.2, 0.25) is 0 Å². The molecule has 21 heavy (non-hydrogen) atoms. The van der Waals surface area contributed by atoms with Gasteiger partial charge in [0.2, 0.25) is 0 Å². The Hall–Kier alpha value is -2.14. The van der Waals surface area contributed by atoms with Crippen LogP contribution in [0.3, 0.4) is 0 Å². The predicted octanol–water partition coefficient (Wildman–Crippen LogP) is 3.90. The van der Waals surface area contributed by atoms with E-state index in [1.807, 2.05) is 28.8 Å². The molecule has 2 heterocycles. The zero-order valence-electron chi connectivity index (χ0n) is 11.6. The van der Waals surface area contributed by atoms with E-state index in [4.69, 9.17) is 4.74 Å². The highest BCUT2D eigenvalue weighted by atomic mass is 79.9. The highest BCUT2D eigenvalue weighted by Gasteiger charge is 2.25. The summed E-state index contributed by atoms with van der Waals surface area (Å²) in [6.07, 6.45) is 3.58. The van der Waals surface area contributed by atoms with Gasteiger partial charge in [-0.1, -0.05) is 36.9 Å². The number of imidazole rings is 1. The minimum Gasteiger partial charge on any atom is -0.473 e. The first-order chi connectivity index (χ1) is 10.2. The first-order valence-electron chi connectivity index (χ1n) is 6.48. The summed E-state index contributed by atoms with van der Waals surface area (Å²) in [7, 11) is 1.72. The van der Waals surface area contributed by atoms with Gasteiger partial charge in [0.05, 0.1) is 11.3 Å². The molecule has 0 saturated carbocycles. The molecule has 0 radical (unpaired) electrons. The van der Waals surface area contributed by atoms with Gasteiger partial charge in [-0.3, -0.25) is 9.56 Å². The molecule has 5 heteroatoms. The van der Waals surface area contributed by atoms with Crippen molar-refractivity contribution in [3.05, 3.63) is 59.2 Å². The molecule has 1 aliphatic rings. The molecule has 0 saturated heterocycles. The molecule has 1 aromatic heterocycles. The highest BCUT2D eigenvalue weighted by molar-refractivity contribution is 9.10. The molecule has 0 bridgehead atoms. The van der Waals surface area contributed by atoms with Crippen LogP contribution < -0.4 is 0 Å². The Bertz CT molecular complexity index is 744. The van der Waals surface area contributed by atoms with Crippen molar-refractivity contribution in [1.82, 2.24) is 9.55 Å². The maximum atomic E-state index is 5.67. The average molecular weight is 344 g/mol. The van der Waals surface area contributed by atoms with E-state index in [-0.39, 0.29) is 0 Å². The van der Waals surface area contributed by atoms with Crippen LogP contribution in [-0.2, 0) is 11.5 Å². The molecule has 0 spiro atoms. The van der Waals surface area contributed by atoms with Gasteiger partial charge in [0.15, 0.2) is 6.73 Å². The van der Waals surface area contributed by atoms with Gasteiger partial charge >= 0.3 is 0 Å². The van der Waals surface area contributed by atoms with Crippen molar-refractivity contribution < 1.29 is 4.74 Å².